The van der Waals surface area contributed by atoms with Crippen molar-refractivity contribution in [3.8, 4) is 0 Å². The average Bonchev–Trinajstić information content (AvgIpc) is 2.17. The van der Waals surface area contributed by atoms with E-state index in [0.717, 1.165) is 25.9 Å². The Morgan fingerprint density at radius 3 is 2.67 bits per heavy atom. The van der Waals surface area contributed by atoms with E-state index in [1.165, 1.54) is 4.81 Å². The lowest BCUT2D eigenvalue weighted by molar-refractivity contribution is -0.128. The molecule has 1 saturated heterocycles. The van der Waals surface area contributed by atoms with Gasteiger partial charge in [-0.25, -0.2) is 0 Å². The summed E-state index contributed by atoms with van der Waals surface area (Å²) < 4.78 is 0. The molecule has 0 spiro atoms. The second-order valence-electron chi connectivity index (χ2n) is 3.14. The van der Waals surface area contributed by atoms with E-state index >= 15 is 0 Å². The second kappa shape index (κ2) is 4.50. The Balaban J connectivity index is 2.39. The van der Waals surface area contributed by atoms with Crippen LogP contribution in [0.15, 0.2) is 0 Å². The normalized spacial score (nSPS) is 19.1. The van der Waals surface area contributed by atoms with Crippen LogP contribution in [-0.2, 0) is 4.79 Å². The van der Waals surface area contributed by atoms with Crippen molar-refractivity contribution in [1.82, 2.24) is 10.1 Å². The highest BCUT2D eigenvalue weighted by atomic mass is 16.2. The number of nitrogens with one attached hydrogen (secondary N) is 1. The molecule has 0 aromatic carbocycles. The average molecular weight is 166 g/mol. The van der Waals surface area contributed by atoms with Gasteiger partial charge in [0.2, 0.25) is 13.9 Å². The van der Waals surface area contributed by atoms with E-state index in [4.69, 9.17) is 7.98 Å². The van der Waals surface area contributed by atoms with E-state index in [0.29, 0.717) is 6.42 Å². The Labute approximate surface area is 74.9 Å². The third kappa shape index (κ3) is 2.24. The van der Waals surface area contributed by atoms with Crippen molar-refractivity contribution in [3.05, 3.63) is 0 Å². The van der Waals surface area contributed by atoms with Gasteiger partial charge < -0.3 is 10.1 Å². The molecule has 0 aromatic rings. The van der Waals surface area contributed by atoms with Gasteiger partial charge in [-0.2, -0.15) is 0 Å². The molecule has 1 amide bonds. The van der Waals surface area contributed by atoms with Gasteiger partial charge in [0.1, 0.15) is 0 Å². The monoisotopic (exact) mass is 166 g/mol. The van der Waals surface area contributed by atoms with Crippen molar-refractivity contribution < 1.29 is 4.79 Å². The smallest absolute Gasteiger partial charge is 0.230 e. The standard InChI is InChI=1S/C8H15BN2O/c1-2-8(12)11(9)7-3-5-10-6-4-7/h7,10H,2-6H2,1H3. The molecule has 4 heteroatoms. The molecule has 1 fully saturated rings. The molecule has 3 nitrogen and oxygen atoms in total. The number of hydrogen-bond donors (Lipinski definition) is 1. The van der Waals surface area contributed by atoms with Crippen LogP contribution in [0.3, 0.4) is 0 Å². The predicted octanol–water partition coefficient (Wildman–Crippen LogP) is 0.0605. The summed E-state index contributed by atoms with van der Waals surface area (Å²) in [6.07, 6.45) is 2.45. The van der Waals surface area contributed by atoms with E-state index < -0.39 is 0 Å². The van der Waals surface area contributed by atoms with Crippen LogP contribution in [0.2, 0.25) is 0 Å². The van der Waals surface area contributed by atoms with E-state index in [-0.39, 0.29) is 11.9 Å². The van der Waals surface area contributed by atoms with Crippen molar-refractivity contribution in [3.63, 3.8) is 0 Å². The summed E-state index contributed by atoms with van der Waals surface area (Å²) in [5.74, 6) is 0.0434. The number of rotatable bonds is 2. The summed E-state index contributed by atoms with van der Waals surface area (Å²) in [6, 6.07) is 0.249. The van der Waals surface area contributed by atoms with Gasteiger partial charge in [-0.3, -0.25) is 4.79 Å². The number of carbonyl (C=O) groups is 1. The van der Waals surface area contributed by atoms with Crippen LogP contribution in [0.25, 0.3) is 0 Å². The van der Waals surface area contributed by atoms with Crippen LogP contribution in [0, 0.1) is 0 Å². The first kappa shape index (κ1) is 9.58. The molecule has 0 aromatic heterocycles. The molecule has 1 aliphatic rings. The van der Waals surface area contributed by atoms with E-state index in [2.05, 4.69) is 5.32 Å². The highest BCUT2D eigenvalue weighted by molar-refractivity contribution is 6.14. The third-order valence-electron chi connectivity index (χ3n) is 2.29. The summed E-state index contributed by atoms with van der Waals surface area (Å²) >= 11 is 0. The first-order chi connectivity index (χ1) is 5.75. The number of nitrogens with zero attached hydrogens (tertiary/aromatic N) is 1. The fourth-order valence-electron chi connectivity index (χ4n) is 1.47. The summed E-state index contributed by atoms with van der Waals surface area (Å²) in [4.78, 5) is 12.6. The van der Waals surface area contributed by atoms with Crippen molar-refractivity contribution in [2.75, 3.05) is 13.1 Å². The van der Waals surface area contributed by atoms with Crippen molar-refractivity contribution >= 4 is 13.9 Å². The van der Waals surface area contributed by atoms with Gasteiger partial charge >= 0.3 is 0 Å². The van der Waals surface area contributed by atoms with E-state index in [9.17, 15) is 4.79 Å². The van der Waals surface area contributed by atoms with Crippen molar-refractivity contribution in [1.29, 1.82) is 0 Å². The van der Waals surface area contributed by atoms with Gasteiger partial charge in [0, 0.05) is 12.5 Å². The lowest BCUT2D eigenvalue weighted by Crippen LogP contribution is -2.44. The van der Waals surface area contributed by atoms with Gasteiger partial charge in [-0.1, -0.05) is 6.92 Å². The summed E-state index contributed by atoms with van der Waals surface area (Å²) in [5, 5.41) is 3.23. The van der Waals surface area contributed by atoms with Crippen LogP contribution in [0.5, 0.6) is 0 Å². The first-order valence-electron chi connectivity index (χ1n) is 4.53. The van der Waals surface area contributed by atoms with E-state index in [1.807, 2.05) is 6.92 Å². The molecular weight excluding hydrogens is 151 g/mol. The van der Waals surface area contributed by atoms with E-state index in [1.54, 1.807) is 0 Å². The zero-order chi connectivity index (χ0) is 8.97. The number of carbonyl (C=O) groups excluding carboxylic acids is 1. The second-order valence-corrected chi connectivity index (χ2v) is 3.14. The van der Waals surface area contributed by atoms with Crippen LogP contribution < -0.4 is 5.32 Å². The minimum absolute atomic E-state index is 0.0434. The molecule has 0 atom stereocenters. The molecule has 0 bridgehead atoms. The summed E-state index contributed by atoms with van der Waals surface area (Å²) in [7, 11) is 5.66. The molecule has 0 aliphatic carbocycles. The highest BCUT2D eigenvalue weighted by Crippen LogP contribution is 2.09. The molecule has 0 saturated carbocycles. The minimum atomic E-state index is 0.0434. The zero-order valence-electron chi connectivity index (χ0n) is 7.55. The Kier molecular flexibility index (Phi) is 3.60. The van der Waals surface area contributed by atoms with Gasteiger partial charge in [0.05, 0.1) is 0 Å². The Bertz CT molecular complexity index is 157. The quantitative estimate of drug-likeness (QED) is 0.588. The fraction of sp³-hybridized carbons (Fsp3) is 0.875. The number of piperidine rings is 1. The maximum absolute atomic E-state index is 11.2. The molecule has 1 N–H and O–H groups in total. The van der Waals surface area contributed by atoms with Crippen LogP contribution in [0.1, 0.15) is 26.2 Å². The zero-order valence-corrected chi connectivity index (χ0v) is 7.55. The molecule has 2 radical (unpaired) electrons. The lowest BCUT2D eigenvalue weighted by Gasteiger charge is -2.32. The first-order valence-corrected chi connectivity index (χ1v) is 4.53. The maximum Gasteiger partial charge on any atom is 0.230 e. The maximum atomic E-state index is 11.2. The van der Waals surface area contributed by atoms with Gasteiger partial charge in [-0.05, 0) is 25.9 Å². The molecule has 1 aliphatic heterocycles. The predicted molar refractivity (Wildman–Crippen MR) is 48.8 cm³/mol. The van der Waals surface area contributed by atoms with Crippen molar-refractivity contribution in [2.45, 2.75) is 32.2 Å². The third-order valence-corrected chi connectivity index (χ3v) is 2.29. The molecule has 1 rings (SSSR count). The highest BCUT2D eigenvalue weighted by Gasteiger charge is 2.19. The minimum Gasteiger partial charge on any atom is -0.394 e. The lowest BCUT2D eigenvalue weighted by atomic mass is 10.0. The Hall–Kier alpha value is -0.505. The van der Waals surface area contributed by atoms with Crippen molar-refractivity contribution in [2.24, 2.45) is 0 Å². The fourth-order valence-corrected chi connectivity index (χ4v) is 1.47. The summed E-state index contributed by atoms with van der Waals surface area (Å²) in [5.41, 5.74) is 0. The van der Waals surface area contributed by atoms with Gasteiger partial charge in [0.25, 0.3) is 0 Å². The molecule has 1 heterocycles. The molecule has 0 unspecified atom stereocenters. The van der Waals surface area contributed by atoms with Gasteiger partial charge in [0.15, 0.2) is 0 Å². The molecule has 12 heavy (non-hydrogen) atoms. The SMILES string of the molecule is [B]N(C(=O)CC)C1CCNCC1. The number of hydrogen-bond acceptors (Lipinski definition) is 2. The molecular formula is C8H15BN2O. The Morgan fingerprint density at radius 2 is 2.17 bits per heavy atom. The summed E-state index contributed by atoms with van der Waals surface area (Å²) in [6.45, 7) is 3.77. The van der Waals surface area contributed by atoms with Crippen LogP contribution in [-0.4, -0.2) is 37.8 Å². The Morgan fingerprint density at radius 1 is 1.58 bits per heavy atom. The van der Waals surface area contributed by atoms with Crippen LogP contribution >= 0.6 is 0 Å². The largest absolute Gasteiger partial charge is 0.394 e. The number of amides is 1. The van der Waals surface area contributed by atoms with Gasteiger partial charge in [-0.15, -0.1) is 0 Å². The molecule has 66 valence electrons. The van der Waals surface area contributed by atoms with Crippen LogP contribution in [0.4, 0.5) is 0 Å². The topological polar surface area (TPSA) is 32.3 Å².